The van der Waals surface area contributed by atoms with Gasteiger partial charge in [-0.3, -0.25) is 0 Å². The lowest BCUT2D eigenvalue weighted by Gasteiger charge is -2.02. The lowest BCUT2D eigenvalue weighted by molar-refractivity contribution is 0.0699. The Morgan fingerprint density at radius 3 is 2.58 bits per heavy atom. The van der Waals surface area contributed by atoms with Gasteiger partial charge in [0.2, 0.25) is 0 Å². The first-order valence-corrected chi connectivity index (χ1v) is 8.02. The molecule has 0 bridgehead atoms. The smallest absolute Gasteiger partial charge is 0.337 e. The Bertz CT molecular complexity index is 840. The lowest BCUT2D eigenvalue weighted by atomic mass is 10.1. The van der Waals surface area contributed by atoms with E-state index in [0.717, 1.165) is 31.5 Å². The van der Waals surface area contributed by atoms with Gasteiger partial charge in [-0.2, -0.15) is 0 Å². The summed E-state index contributed by atoms with van der Waals surface area (Å²) in [5.41, 5.74) is 2.63. The number of hydrogen-bond acceptors (Lipinski definition) is 3. The minimum Gasteiger partial charge on any atom is -0.494 e. The normalized spacial score (nSPS) is 10.9. The number of carbonyl (C=O) groups is 1. The molecule has 0 fully saturated rings. The fraction of sp³-hybridized carbons (Fsp3) is 0.263. The number of nitrogens with zero attached hydrogens (tertiary/aromatic N) is 1. The number of aromatic carboxylic acids is 1. The van der Waals surface area contributed by atoms with Crippen molar-refractivity contribution >= 4 is 17.0 Å². The number of aromatic amines is 1. The van der Waals surface area contributed by atoms with Crippen molar-refractivity contribution in [1.82, 2.24) is 9.97 Å². The van der Waals surface area contributed by atoms with Crippen LogP contribution >= 0.6 is 0 Å². The second-order valence-corrected chi connectivity index (χ2v) is 5.72. The molecule has 2 aromatic carbocycles. The number of hydrogen-bond donors (Lipinski definition) is 2. The molecule has 0 aliphatic heterocycles. The Hall–Kier alpha value is -2.82. The van der Waals surface area contributed by atoms with Gasteiger partial charge in [-0.15, -0.1) is 0 Å². The first-order valence-electron chi connectivity index (χ1n) is 8.02. The second kappa shape index (κ2) is 7.17. The Kier molecular flexibility index (Phi) is 4.79. The summed E-state index contributed by atoms with van der Waals surface area (Å²) in [5.74, 6) is 0.424. The standard InChI is InChI=1S/C19H20N2O3/c1-24-15-12-11-14(19(22)23)17-18(15)21-16(20-17)10-6-5-9-13-7-3-2-4-8-13/h2-4,7-8,11-12H,5-6,9-10H2,1H3,(H,20,21)(H,22,23). The highest BCUT2D eigenvalue weighted by atomic mass is 16.5. The number of carboxylic acid groups (broad SMARTS) is 1. The number of methoxy groups -OCH3 is 1. The van der Waals surface area contributed by atoms with Crippen molar-refractivity contribution in [2.75, 3.05) is 7.11 Å². The Labute approximate surface area is 140 Å². The molecule has 0 amide bonds. The molecule has 0 unspecified atom stereocenters. The first kappa shape index (κ1) is 16.1. The van der Waals surface area contributed by atoms with Crippen LogP contribution in [0, 0.1) is 0 Å². The molecule has 24 heavy (non-hydrogen) atoms. The number of nitrogens with one attached hydrogen (secondary N) is 1. The molecule has 1 heterocycles. The molecular weight excluding hydrogens is 304 g/mol. The molecule has 0 aliphatic rings. The number of ether oxygens (including phenoxy) is 1. The summed E-state index contributed by atoms with van der Waals surface area (Å²) >= 11 is 0. The number of rotatable bonds is 7. The second-order valence-electron chi connectivity index (χ2n) is 5.72. The van der Waals surface area contributed by atoms with Crippen LogP contribution in [0.1, 0.15) is 34.6 Å². The third-order valence-corrected chi connectivity index (χ3v) is 4.08. The number of aryl methyl sites for hydroxylation is 2. The Morgan fingerprint density at radius 2 is 1.88 bits per heavy atom. The first-order chi connectivity index (χ1) is 11.7. The average molecular weight is 324 g/mol. The van der Waals surface area contributed by atoms with E-state index in [-0.39, 0.29) is 5.56 Å². The van der Waals surface area contributed by atoms with Crippen LogP contribution in [-0.4, -0.2) is 28.2 Å². The van der Waals surface area contributed by atoms with Crippen LogP contribution in [-0.2, 0) is 12.8 Å². The van der Waals surface area contributed by atoms with Gasteiger partial charge in [0, 0.05) is 6.42 Å². The van der Waals surface area contributed by atoms with Gasteiger partial charge in [-0.05, 0) is 37.0 Å². The van der Waals surface area contributed by atoms with Crippen molar-refractivity contribution < 1.29 is 14.6 Å². The maximum atomic E-state index is 11.3. The van der Waals surface area contributed by atoms with E-state index < -0.39 is 5.97 Å². The van der Waals surface area contributed by atoms with Crippen LogP contribution in [0.3, 0.4) is 0 Å². The van der Waals surface area contributed by atoms with Crippen LogP contribution in [0.5, 0.6) is 5.75 Å². The lowest BCUT2D eigenvalue weighted by Crippen LogP contribution is -1.98. The van der Waals surface area contributed by atoms with Crippen LogP contribution in [0.25, 0.3) is 11.0 Å². The summed E-state index contributed by atoms with van der Waals surface area (Å²) in [6.45, 7) is 0. The zero-order valence-electron chi connectivity index (χ0n) is 13.6. The van der Waals surface area contributed by atoms with Gasteiger partial charge in [0.25, 0.3) is 0 Å². The van der Waals surface area contributed by atoms with Gasteiger partial charge >= 0.3 is 5.97 Å². The zero-order chi connectivity index (χ0) is 16.9. The van der Waals surface area contributed by atoms with E-state index in [2.05, 4.69) is 22.1 Å². The molecule has 0 aliphatic carbocycles. The van der Waals surface area contributed by atoms with Gasteiger partial charge in [0.1, 0.15) is 22.6 Å². The van der Waals surface area contributed by atoms with Crippen molar-refractivity contribution in [3.05, 3.63) is 59.4 Å². The summed E-state index contributed by atoms with van der Waals surface area (Å²) in [6.07, 6.45) is 3.86. The zero-order valence-corrected chi connectivity index (χ0v) is 13.6. The van der Waals surface area contributed by atoms with Crippen molar-refractivity contribution in [1.29, 1.82) is 0 Å². The quantitative estimate of drug-likeness (QED) is 0.648. The highest BCUT2D eigenvalue weighted by Crippen LogP contribution is 2.27. The summed E-state index contributed by atoms with van der Waals surface area (Å²) in [7, 11) is 1.57. The minimum absolute atomic E-state index is 0.192. The average Bonchev–Trinajstić information content (AvgIpc) is 3.02. The van der Waals surface area contributed by atoms with Crippen LogP contribution < -0.4 is 4.74 Å². The number of fused-ring (bicyclic) bond motifs is 1. The number of imidazole rings is 1. The van der Waals surface area contributed by atoms with E-state index in [1.54, 1.807) is 13.2 Å². The van der Waals surface area contributed by atoms with E-state index >= 15 is 0 Å². The highest BCUT2D eigenvalue weighted by molar-refractivity contribution is 6.02. The van der Waals surface area contributed by atoms with E-state index in [0.29, 0.717) is 16.8 Å². The van der Waals surface area contributed by atoms with Crippen molar-refractivity contribution in [2.24, 2.45) is 0 Å². The fourth-order valence-electron chi connectivity index (χ4n) is 2.84. The SMILES string of the molecule is COc1ccc(C(=O)O)c2nc(CCCCc3ccccc3)[nH]c12. The van der Waals surface area contributed by atoms with Crippen molar-refractivity contribution in [3.8, 4) is 5.75 Å². The molecule has 0 saturated heterocycles. The van der Waals surface area contributed by atoms with Crippen molar-refractivity contribution in [3.63, 3.8) is 0 Å². The third-order valence-electron chi connectivity index (χ3n) is 4.08. The largest absolute Gasteiger partial charge is 0.494 e. The van der Waals surface area contributed by atoms with Crippen LogP contribution in [0.15, 0.2) is 42.5 Å². The molecule has 3 aromatic rings. The predicted octanol–water partition coefficient (Wildman–Crippen LogP) is 3.84. The topological polar surface area (TPSA) is 75.2 Å². The van der Waals surface area contributed by atoms with Gasteiger partial charge in [-0.1, -0.05) is 30.3 Å². The molecule has 0 radical (unpaired) electrons. The molecule has 0 atom stereocenters. The van der Waals surface area contributed by atoms with Gasteiger partial charge in [-0.25, -0.2) is 9.78 Å². The van der Waals surface area contributed by atoms with Crippen LogP contribution in [0.4, 0.5) is 0 Å². The van der Waals surface area contributed by atoms with E-state index in [1.807, 2.05) is 18.2 Å². The van der Waals surface area contributed by atoms with E-state index in [4.69, 9.17) is 4.74 Å². The Balaban J connectivity index is 1.71. The van der Waals surface area contributed by atoms with Crippen molar-refractivity contribution in [2.45, 2.75) is 25.7 Å². The summed E-state index contributed by atoms with van der Waals surface area (Å²) in [6, 6.07) is 13.6. The third kappa shape index (κ3) is 3.40. The molecular formula is C19H20N2O3. The fourth-order valence-corrected chi connectivity index (χ4v) is 2.84. The highest BCUT2D eigenvalue weighted by Gasteiger charge is 2.16. The molecule has 2 N–H and O–H groups in total. The summed E-state index contributed by atoms with van der Waals surface area (Å²) in [4.78, 5) is 19.0. The van der Waals surface area contributed by atoms with Crippen LogP contribution in [0.2, 0.25) is 0 Å². The molecule has 1 aromatic heterocycles. The van der Waals surface area contributed by atoms with E-state index in [9.17, 15) is 9.90 Å². The maximum absolute atomic E-state index is 11.3. The molecule has 3 rings (SSSR count). The number of unbranched alkanes of at least 4 members (excludes halogenated alkanes) is 1. The summed E-state index contributed by atoms with van der Waals surface area (Å²) < 4.78 is 5.29. The molecule has 0 saturated carbocycles. The number of aromatic nitrogens is 2. The molecule has 5 nitrogen and oxygen atoms in total. The number of benzene rings is 2. The summed E-state index contributed by atoms with van der Waals surface area (Å²) in [5, 5.41) is 9.30. The number of carboxylic acids is 1. The van der Waals surface area contributed by atoms with Gasteiger partial charge < -0.3 is 14.8 Å². The monoisotopic (exact) mass is 324 g/mol. The Morgan fingerprint density at radius 1 is 1.12 bits per heavy atom. The number of H-pyrrole nitrogens is 1. The molecule has 5 heteroatoms. The van der Waals surface area contributed by atoms with E-state index in [1.165, 1.54) is 11.6 Å². The molecule has 124 valence electrons. The van der Waals surface area contributed by atoms with Gasteiger partial charge in [0.15, 0.2) is 0 Å². The van der Waals surface area contributed by atoms with Gasteiger partial charge in [0.05, 0.1) is 12.7 Å². The maximum Gasteiger partial charge on any atom is 0.337 e. The minimum atomic E-state index is -0.982. The predicted molar refractivity (Wildman–Crippen MR) is 92.7 cm³/mol. The molecule has 0 spiro atoms.